The molecule has 4 heteroatoms. The van der Waals surface area contributed by atoms with Crippen molar-refractivity contribution in [3.8, 4) is 5.69 Å². The summed E-state index contributed by atoms with van der Waals surface area (Å²) < 4.78 is 15.0. The van der Waals surface area contributed by atoms with Crippen molar-refractivity contribution >= 4 is 11.0 Å². The highest BCUT2D eigenvalue weighted by molar-refractivity contribution is 5.77. The molecular weight excluding hydrogens is 231 g/mol. The number of hydrogen-bond donors (Lipinski definition) is 1. The molecule has 0 saturated heterocycles. The molecule has 0 atom stereocenters. The molecule has 1 N–H and O–H groups in total. The van der Waals surface area contributed by atoms with Gasteiger partial charge >= 0.3 is 5.69 Å². The van der Waals surface area contributed by atoms with Gasteiger partial charge in [-0.3, -0.25) is 4.57 Å². The van der Waals surface area contributed by atoms with Crippen LogP contribution in [0.1, 0.15) is 5.56 Å². The Hall–Kier alpha value is -2.36. The van der Waals surface area contributed by atoms with Crippen LogP contribution in [0.2, 0.25) is 0 Å². The van der Waals surface area contributed by atoms with Crippen LogP contribution in [0.5, 0.6) is 0 Å². The van der Waals surface area contributed by atoms with Crippen LogP contribution >= 0.6 is 0 Å². The first-order chi connectivity index (χ1) is 8.66. The maximum Gasteiger partial charge on any atom is 0.331 e. The van der Waals surface area contributed by atoms with Gasteiger partial charge in [0.1, 0.15) is 11.3 Å². The number of benzene rings is 2. The fraction of sp³-hybridized carbons (Fsp3) is 0.0714. The molecule has 2 aromatic carbocycles. The number of nitrogens with one attached hydrogen (secondary N) is 1. The van der Waals surface area contributed by atoms with Crippen molar-refractivity contribution in [1.82, 2.24) is 9.55 Å². The molecule has 3 nitrogen and oxygen atoms in total. The Labute approximate surface area is 103 Å². The Morgan fingerprint density at radius 3 is 2.56 bits per heavy atom. The molecule has 3 aromatic rings. The van der Waals surface area contributed by atoms with Crippen LogP contribution in [-0.4, -0.2) is 9.55 Å². The van der Waals surface area contributed by atoms with Crippen molar-refractivity contribution in [2.75, 3.05) is 0 Å². The Bertz CT molecular complexity index is 769. The second kappa shape index (κ2) is 3.84. The number of para-hydroxylation sites is 1. The van der Waals surface area contributed by atoms with Gasteiger partial charge in [-0.05, 0) is 31.2 Å². The molecule has 0 spiro atoms. The molecule has 1 aromatic heterocycles. The van der Waals surface area contributed by atoms with E-state index in [1.54, 1.807) is 12.1 Å². The van der Waals surface area contributed by atoms with Gasteiger partial charge in [0.15, 0.2) is 0 Å². The van der Waals surface area contributed by atoms with E-state index in [1.165, 1.54) is 10.6 Å². The lowest BCUT2D eigenvalue weighted by Crippen LogP contribution is -2.14. The van der Waals surface area contributed by atoms with E-state index in [0.29, 0.717) is 5.52 Å². The van der Waals surface area contributed by atoms with Crippen LogP contribution in [0, 0.1) is 12.7 Å². The van der Waals surface area contributed by atoms with E-state index < -0.39 is 5.82 Å². The number of imidazole rings is 1. The molecular formula is C14H11FN2O. The average Bonchev–Trinajstić information content (AvgIpc) is 2.69. The van der Waals surface area contributed by atoms with E-state index in [1.807, 2.05) is 31.2 Å². The highest BCUT2D eigenvalue weighted by Crippen LogP contribution is 2.18. The van der Waals surface area contributed by atoms with Gasteiger partial charge < -0.3 is 4.98 Å². The van der Waals surface area contributed by atoms with Gasteiger partial charge in [-0.25, -0.2) is 9.18 Å². The Morgan fingerprint density at radius 1 is 1.11 bits per heavy atom. The second-order valence-corrected chi connectivity index (χ2v) is 4.24. The quantitative estimate of drug-likeness (QED) is 0.700. The van der Waals surface area contributed by atoms with E-state index in [-0.39, 0.29) is 11.2 Å². The number of rotatable bonds is 1. The lowest BCUT2D eigenvalue weighted by atomic mass is 10.2. The minimum Gasteiger partial charge on any atom is -0.303 e. The SMILES string of the molecule is Cc1ccc(-n2c(=O)[nH]c3c(F)cccc32)cc1. The third kappa shape index (κ3) is 1.54. The number of aryl methyl sites for hydroxylation is 1. The van der Waals surface area contributed by atoms with E-state index in [0.717, 1.165) is 11.3 Å². The smallest absolute Gasteiger partial charge is 0.303 e. The Balaban J connectivity index is 2.35. The summed E-state index contributed by atoms with van der Waals surface area (Å²) in [6.07, 6.45) is 0. The molecule has 0 amide bonds. The molecule has 0 radical (unpaired) electrons. The van der Waals surface area contributed by atoms with Crippen LogP contribution in [0.4, 0.5) is 4.39 Å². The van der Waals surface area contributed by atoms with Crippen molar-refractivity contribution < 1.29 is 4.39 Å². The first-order valence-electron chi connectivity index (χ1n) is 5.63. The van der Waals surface area contributed by atoms with Crippen LogP contribution in [-0.2, 0) is 0 Å². The van der Waals surface area contributed by atoms with E-state index in [4.69, 9.17) is 0 Å². The summed E-state index contributed by atoms with van der Waals surface area (Å²) in [4.78, 5) is 14.5. The van der Waals surface area contributed by atoms with Gasteiger partial charge in [-0.2, -0.15) is 0 Å². The fourth-order valence-corrected chi connectivity index (χ4v) is 2.05. The minimum absolute atomic E-state index is 0.239. The van der Waals surface area contributed by atoms with Crippen LogP contribution < -0.4 is 5.69 Å². The molecule has 3 rings (SSSR count). The number of aromatic amines is 1. The number of nitrogens with zero attached hydrogens (tertiary/aromatic N) is 1. The average molecular weight is 242 g/mol. The van der Waals surface area contributed by atoms with Crippen molar-refractivity contribution in [3.05, 3.63) is 64.3 Å². The van der Waals surface area contributed by atoms with Gasteiger partial charge in [0.25, 0.3) is 0 Å². The van der Waals surface area contributed by atoms with Crippen LogP contribution in [0.25, 0.3) is 16.7 Å². The van der Waals surface area contributed by atoms with Gasteiger partial charge in [0.05, 0.1) is 11.2 Å². The maximum atomic E-state index is 13.6. The largest absolute Gasteiger partial charge is 0.331 e. The number of halogens is 1. The molecule has 90 valence electrons. The topological polar surface area (TPSA) is 37.8 Å². The zero-order valence-electron chi connectivity index (χ0n) is 9.77. The summed E-state index contributed by atoms with van der Waals surface area (Å²) in [6, 6.07) is 12.2. The summed E-state index contributed by atoms with van der Waals surface area (Å²) >= 11 is 0. The van der Waals surface area contributed by atoms with Gasteiger partial charge in [-0.1, -0.05) is 23.8 Å². The van der Waals surface area contributed by atoms with Crippen LogP contribution in [0.3, 0.4) is 0 Å². The monoisotopic (exact) mass is 242 g/mol. The summed E-state index contributed by atoms with van der Waals surface area (Å²) in [5.74, 6) is -0.421. The van der Waals surface area contributed by atoms with Crippen molar-refractivity contribution in [1.29, 1.82) is 0 Å². The molecule has 0 aliphatic rings. The van der Waals surface area contributed by atoms with Gasteiger partial charge in [0, 0.05) is 0 Å². The molecule has 0 saturated carbocycles. The lowest BCUT2D eigenvalue weighted by Gasteiger charge is -2.03. The third-order valence-electron chi connectivity index (χ3n) is 2.96. The highest BCUT2D eigenvalue weighted by atomic mass is 19.1. The second-order valence-electron chi connectivity index (χ2n) is 4.24. The third-order valence-corrected chi connectivity index (χ3v) is 2.96. The zero-order valence-corrected chi connectivity index (χ0v) is 9.77. The molecule has 0 unspecified atom stereocenters. The molecule has 0 fully saturated rings. The molecule has 18 heavy (non-hydrogen) atoms. The number of aromatic nitrogens is 2. The minimum atomic E-state index is -0.421. The zero-order chi connectivity index (χ0) is 12.7. The Morgan fingerprint density at radius 2 is 1.83 bits per heavy atom. The summed E-state index contributed by atoms with van der Waals surface area (Å²) in [5.41, 5.74) is 2.28. The van der Waals surface area contributed by atoms with Crippen molar-refractivity contribution in [2.24, 2.45) is 0 Å². The van der Waals surface area contributed by atoms with Crippen molar-refractivity contribution in [2.45, 2.75) is 6.92 Å². The molecule has 1 heterocycles. The number of H-pyrrole nitrogens is 1. The summed E-state index contributed by atoms with van der Waals surface area (Å²) in [7, 11) is 0. The fourth-order valence-electron chi connectivity index (χ4n) is 2.05. The normalized spacial score (nSPS) is 11.0. The van der Waals surface area contributed by atoms with E-state index in [2.05, 4.69) is 4.98 Å². The van der Waals surface area contributed by atoms with Gasteiger partial charge in [-0.15, -0.1) is 0 Å². The standard InChI is InChI=1S/C14H11FN2O/c1-9-5-7-10(8-6-9)17-12-4-2-3-11(15)13(12)16-14(17)18/h2-8H,1H3,(H,16,18). The summed E-state index contributed by atoms with van der Waals surface area (Å²) in [6.45, 7) is 1.97. The molecule has 0 bridgehead atoms. The van der Waals surface area contributed by atoms with Crippen LogP contribution in [0.15, 0.2) is 47.3 Å². The van der Waals surface area contributed by atoms with Gasteiger partial charge in [0.2, 0.25) is 0 Å². The molecule has 0 aliphatic carbocycles. The number of hydrogen-bond acceptors (Lipinski definition) is 1. The predicted octanol–water partition coefficient (Wildman–Crippen LogP) is 2.77. The summed E-state index contributed by atoms with van der Waals surface area (Å²) in [5, 5.41) is 0. The molecule has 0 aliphatic heterocycles. The van der Waals surface area contributed by atoms with E-state index >= 15 is 0 Å². The van der Waals surface area contributed by atoms with E-state index in [9.17, 15) is 9.18 Å². The highest BCUT2D eigenvalue weighted by Gasteiger charge is 2.10. The lowest BCUT2D eigenvalue weighted by molar-refractivity contribution is 0.637. The van der Waals surface area contributed by atoms with Crippen molar-refractivity contribution in [3.63, 3.8) is 0 Å². The number of fused-ring (bicyclic) bond motifs is 1. The first kappa shape index (κ1) is 10.8. The predicted molar refractivity (Wildman–Crippen MR) is 68.6 cm³/mol. The Kier molecular flexibility index (Phi) is 2.30. The maximum absolute atomic E-state index is 13.6. The first-order valence-corrected chi connectivity index (χ1v) is 5.63.